The van der Waals surface area contributed by atoms with E-state index in [9.17, 15) is 0 Å². The standard InChI is InChI=1S/C15H11NS4/c17-14-13(15(18)20-19-14)12-6-8-16(9-7-12)10-11-4-2-1-3-5-11/h1-9H,10H2. The molecule has 1 fully saturated rings. The predicted octanol–water partition coefficient (Wildman–Crippen LogP) is 4.88. The van der Waals surface area contributed by atoms with Crippen molar-refractivity contribution >= 4 is 54.4 Å². The van der Waals surface area contributed by atoms with Crippen LogP contribution in [0.2, 0.25) is 0 Å². The molecule has 1 aromatic carbocycles. The van der Waals surface area contributed by atoms with Gasteiger partial charge in [0, 0.05) is 24.5 Å². The number of hydrogen-bond donors (Lipinski definition) is 0. The second kappa shape index (κ2) is 6.26. The number of nitrogens with zero attached hydrogens (tertiary/aromatic N) is 1. The molecule has 2 aliphatic heterocycles. The third-order valence-electron chi connectivity index (χ3n) is 2.99. The van der Waals surface area contributed by atoms with Crippen molar-refractivity contribution in [2.24, 2.45) is 0 Å². The Balaban J connectivity index is 1.76. The average Bonchev–Trinajstić information content (AvgIpc) is 2.81. The van der Waals surface area contributed by atoms with Gasteiger partial charge in [-0.05, 0) is 44.9 Å². The van der Waals surface area contributed by atoms with Crippen molar-refractivity contribution in [1.82, 2.24) is 4.90 Å². The Morgan fingerprint density at radius 2 is 1.50 bits per heavy atom. The van der Waals surface area contributed by atoms with Crippen LogP contribution in [0.25, 0.3) is 0 Å². The van der Waals surface area contributed by atoms with Crippen molar-refractivity contribution in [3.63, 3.8) is 0 Å². The molecule has 100 valence electrons. The van der Waals surface area contributed by atoms with Crippen molar-refractivity contribution in [3.8, 4) is 0 Å². The van der Waals surface area contributed by atoms with Crippen LogP contribution in [0.4, 0.5) is 0 Å². The Morgan fingerprint density at radius 3 is 2.10 bits per heavy atom. The summed E-state index contributed by atoms with van der Waals surface area (Å²) in [7, 11) is 3.16. The van der Waals surface area contributed by atoms with E-state index >= 15 is 0 Å². The molecular formula is C15H11NS4. The number of thiocarbonyl (C=S) groups is 2. The van der Waals surface area contributed by atoms with Gasteiger partial charge in [-0.3, -0.25) is 0 Å². The van der Waals surface area contributed by atoms with Crippen molar-refractivity contribution in [3.05, 3.63) is 71.6 Å². The van der Waals surface area contributed by atoms with E-state index in [-0.39, 0.29) is 0 Å². The quantitative estimate of drug-likeness (QED) is 0.430. The highest BCUT2D eigenvalue weighted by Crippen LogP contribution is 2.42. The minimum Gasteiger partial charge on any atom is -0.350 e. The molecule has 0 amide bonds. The molecule has 2 heterocycles. The Hall–Kier alpha value is -0.880. The lowest BCUT2D eigenvalue weighted by Crippen LogP contribution is -2.12. The van der Waals surface area contributed by atoms with Gasteiger partial charge >= 0.3 is 0 Å². The molecule has 1 nitrogen and oxygen atoms in total. The molecule has 0 aromatic heterocycles. The molecule has 3 rings (SSSR count). The van der Waals surface area contributed by atoms with E-state index in [4.69, 9.17) is 24.4 Å². The number of allylic oxidation sites excluding steroid dienone is 3. The zero-order chi connectivity index (χ0) is 13.9. The summed E-state index contributed by atoms with van der Waals surface area (Å²) in [6, 6.07) is 10.4. The highest BCUT2D eigenvalue weighted by molar-refractivity contribution is 8.91. The largest absolute Gasteiger partial charge is 0.350 e. The molecule has 0 radical (unpaired) electrons. The molecule has 5 heteroatoms. The van der Waals surface area contributed by atoms with Gasteiger partial charge in [0.1, 0.15) is 0 Å². The first kappa shape index (κ1) is 14.1. The number of rotatable bonds is 2. The number of hydrogen-bond acceptors (Lipinski definition) is 5. The zero-order valence-corrected chi connectivity index (χ0v) is 13.7. The Kier molecular flexibility index (Phi) is 4.41. The van der Waals surface area contributed by atoms with Gasteiger partial charge in [0.2, 0.25) is 0 Å². The number of benzene rings is 1. The average molecular weight is 334 g/mol. The van der Waals surface area contributed by atoms with Gasteiger partial charge < -0.3 is 4.90 Å². The molecule has 20 heavy (non-hydrogen) atoms. The first-order chi connectivity index (χ1) is 9.74. The Bertz CT molecular complexity index is 609. The first-order valence-corrected chi connectivity index (χ1v) is 9.04. The zero-order valence-electron chi connectivity index (χ0n) is 10.5. The summed E-state index contributed by atoms with van der Waals surface area (Å²) in [5, 5.41) is 0. The van der Waals surface area contributed by atoms with Gasteiger partial charge in [-0.15, -0.1) is 0 Å². The molecule has 0 aliphatic carbocycles. The third-order valence-corrected chi connectivity index (χ3v) is 6.57. The molecule has 0 bridgehead atoms. The lowest BCUT2D eigenvalue weighted by molar-refractivity contribution is 0.497. The van der Waals surface area contributed by atoms with Gasteiger partial charge in [0.05, 0.1) is 8.39 Å². The first-order valence-electron chi connectivity index (χ1n) is 6.07. The maximum absolute atomic E-state index is 5.35. The highest BCUT2D eigenvalue weighted by Gasteiger charge is 2.24. The fourth-order valence-electron chi connectivity index (χ4n) is 2.00. The fourth-order valence-corrected chi connectivity index (χ4v) is 5.02. The summed E-state index contributed by atoms with van der Waals surface area (Å²) < 4.78 is 1.78. The molecule has 1 saturated heterocycles. The summed E-state index contributed by atoms with van der Waals surface area (Å²) in [6.07, 6.45) is 8.33. The molecular weight excluding hydrogens is 322 g/mol. The lowest BCUT2D eigenvalue weighted by Gasteiger charge is -2.19. The van der Waals surface area contributed by atoms with Gasteiger partial charge in [-0.25, -0.2) is 0 Å². The van der Waals surface area contributed by atoms with Crippen molar-refractivity contribution < 1.29 is 0 Å². The summed E-state index contributed by atoms with van der Waals surface area (Å²) >= 11 is 10.7. The van der Waals surface area contributed by atoms with Crippen LogP contribution in [-0.4, -0.2) is 13.3 Å². The van der Waals surface area contributed by atoms with E-state index in [1.165, 1.54) is 5.56 Å². The predicted molar refractivity (Wildman–Crippen MR) is 97.7 cm³/mol. The Labute approximate surface area is 137 Å². The van der Waals surface area contributed by atoms with Crippen LogP contribution in [-0.2, 0) is 6.54 Å². The van der Waals surface area contributed by atoms with Crippen LogP contribution >= 0.6 is 46.0 Å². The van der Waals surface area contributed by atoms with E-state index in [0.717, 1.165) is 26.1 Å². The SMILES string of the molecule is S=C1SSC(=S)C1=C1C=CN(Cc2ccccc2)C=C1. The van der Waals surface area contributed by atoms with E-state index in [1.54, 1.807) is 21.6 Å². The van der Waals surface area contributed by atoms with Crippen molar-refractivity contribution in [2.75, 3.05) is 0 Å². The lowest BCUT2D eigenvalue weighted by atomic mass is 10.1. The van der Waals surface area contributed by atoms with Gasteiger partial charge in [-0.1, -0.05) is 54.8 Å². The second-order valence-corrected chi connectivity index (χ2v) is 7.84. The van der Waals surface area contributed by atoms with Crippen LogP contribution in [0.15, 0.2) is 66.0 Å². The molecule has 1 aromatic rings. The van der Waals surface area contributed by atoms with Gasteiger partial charge in [-0.2, -0.15) is 0 Å². The molecule has 0 atom stereocenters. The van der Waals surface area contributed by atoms with E-state index in [0.29, 0.717) is 0 Å². The van der Waals surface area contributed by atoms with Crippen molar-refractivity contribution in [2.45, 2.75) is 6.54 Å². The van der Waals surface area contributed by atoms with Crippen LogP contribution in [0.1, 0.15) is 5.56 Å². The van der Waals surface area contributed by atoms with Gasteiger partial charge in [0.15, 0.2) is 0 Å². The fraction of sp³-hybridized carbons (Fsp3) is 0.0667. The summed E-state index contributed by atoms with van der Waals surface area (Å²) in [4.78, 5) is 2.15. The topological polar surface area (TPSA) is 3.24 Å². The van der Waals surface area contributed by atoms with Crippen LogP contribution in [0.5, 0.6) is 0 Å². The summed E-state index contributed by atoms with van der Waals surface area (Å²) in [5.74, 6) is 0. The minimum absolute atomic E-state index is 0.870. The second-order valence-electron chi connectivity index (χ2n) is 4.36. The van der Waals surface area contributed by atoms with E-state index in [1.807, 2.05) is 6.07 Å². The molecule has 0 spiro atoms. The van der Waals surface area contributed by atoms with E-state index in [2.05, 4.69) is 53.7 Å². The third kappa shape index (κ3) is 3.06. The van der Waals surface area contributed by atoms with Crippen LogP contribution < -0.4 is 0 Å². The normalized spacial score (nSPS) is 18.3. The Morgan fingerprint density at radius 1 is 0.900 bits per heavy atom. The highest BCUT2D eigenvalue weighted by atomic mass is 33.1. The summed E-state index contributed by atoms with van der Waals surface area (Å²) in [6.45, 7) is 0.870. The smallest absolute Gasteiger partial charge is 0.0915 e. The molecule has 2 aliphatic rings. The molecule has 0 saturated carbocycles. The maximum Gasteiger partial charge on any atom is 0.0915 e. The van der Waals surface area contributed by atoms with Crippen molar-refractivity contribution in [1.29, 1.82) is 0 Å². The minimum atomic E-state index is 0.870. The van der Waals surface area contributed by atoms with Gasteiger partial charge in [0.25, 0.3) is 0 Å². The van der Waals surface area contributed by atoms with Crippen LogP contribution in [0, 0.1) is 0 Å². The van der Waals surface area contributed by atoms with Crippen LogP contribution in [0.3, 0.4) is 0 Å². The molecule has 0 unspecified atom stereocenters. The summed E-state index contributed by atoms with van der Waals surface area (Å²) in [5.41, 5.74) is 3.44. The maximum atomic E-state index is 5.35. The monoisotopic (exact) mass is 333 g/mol. The van der Waals surface area contributed by atoms with E-state index < -0.39 is 0 Å². The molecule has 0 N–H and O–H groups in total.